The number of hydrogen-bond donors (Lipinski definition) is 1. The number of hydrogen-bond acceptors (Lipinski definition) is 4. The Morgan fingerprint density at radius 1 is 0.842 bits per heavy atom. The van der Waals surface area contributed by atoms with Crippen molar-refractivity contribution in [3.05, 3.63) is 90.3 Å². The lowest BCUT2D eigenvalue weighted by Crippen LogP contribution is -2.30. The van der Waals surface area contributed by atoms with Gasteiger partial charge in [0, 0.05) is 19.5 Å². The van der Waals surface area contributed by atoms with Gasteiger partial charge < -0.3 is 19.4 Å². The fourth-order valence-electron chi connectivity index (χ4n) is 4.37. The Kier molecular flexibility index (Phi) is 9.41. The lowest BCUT2D eigenvalue weighted by atomic mass is 9.87. The van der Waals surface area contributed by atoms with Gasteiger partial charge in [0.1, 0.15) is 17.3 Å². The van der Waals surface area contributed by atoms with Crippen LogP contribution in [0.4, 0.5) is 0 Å². The number of nitrogens with zero attached hydrogens (tertiary/aromatic N) is 2. The maximum Gasteiger partial charge on any atom is 0.257 e. The van der Waals surface area contributed by atoms with E-state index in [9.17, 15) is 4.79 Å². The minimum Gasteiger partial charge on any atom is -0.494 e. The first-order valence-corrected chi connectivity index (χ1v) is 13.5. The number of para-hydroxylation sites is 3. The van der Waals surface area contributed by atoms with Crippen molar-refractivity contribution >= 4 is 16.9 Å². The zero-order valence-electron chi connectivity index (χ0n) is 22.8. The minimum atomic E-state index is -0.115. The molecule has 0 fully saturated rings. The van der Waals surface area contributed by atoms with Crippen molar-refractivity contribution in [2.45, 2.75) is 58.4 Å². The highest BCUT2D eigenvalue weighted by Gasteiger charge is 2.13. The molecule has 4 aromatic rings. The van der Waals surface area contributed by atoms with Gasteiger partial charge in [0.2, 0.25) is 0 Å². The summed E-state index contributed by atoms with van der Waals surface area (Å²) in [5.41, 5.74) is 3.62. The lowest BCUT2D eigenvalue weighted by molar-refractivity contribution is -0.123. The van der Waals surface area contributed by atoms with Crippen LogP contribution in [0.3, 0.4) is 0 Å². The van der Waals surface area contributed by atoms with E-state index in [2.05, 4.69) is 73.1 Å². The van der Waals surface area contributed by atoms with Gasteiger partial charge in [-0.25, -0.2) is 4.98 Å². The molecule has 0 saturated carbocycles. The number of aryl methyl sites for hydroxylation is 2. The normalized spacial score (nSPS) is 11.4. The van der Waals surface area contributed by atoms with E-state index in [0.29, 0.717) is 18.9 Å². The standard InChI is InChI=1S/C32H39N3O3/c1-32(2,3)25-17-19-27(20-18-25)37-23-10-9-22-35-29-15-8-7-14-28(29)34-30(35)16-11-21-33-31(36)24-38-26-12-5-4-6-13-26/h4-8,12-15,17-20H,9-11,16,21-24H2,1-3H3,(H,33,36). The van der Waals surface area contributed by atoms with Crippen LogP contribution in [0.5, 0.6) is 11.5 Å². The van der Waals surface area contributed by atoms with Crippen molar-refractivity contribution in [1.29, 1.82) is 0 Å². The van der Waals surface area contributed by atoms with Crippen LogP contribution < -0.4 is 14.8 Å². The van der Waals surface area contributed by atoms with E-state index in [1.54, 1.807) is 0 Å². The van der Waals surface area contributed by atoms with Gasteiger partial charge in [0.15, 0.2) is 6.61 Å². The Hall–Kier alpha value is -3.80. The van der Waals surface area contributed by atoms with Crippen LogP contribution in [0.1, 0.15) is 51.4 Å². The van der Waals surface area contributed by atoms with Crippen LogP contribution in [0, 0.1) is 0 Å². The van der Waals surface area contributed by atoms with E-state index in [1.165, 1.54) is 5.56 Å². The van der Waals surface area contributed by atoms with Crippen molar-refractivity contribution < 1.29 is 14.3 Å². The molecule has 0 aliphatic heterocycles. The van der Waals surface area contributed by atoms with E-state index in [0.717, 1.165) is 54.8 Å². The minimum absolute atomic E-state index is 0.0192. The molecule has 6 nitrogen and oxygen atoms in total. The molecule has 0 atom stereocenters. The molecule has 0 radical (unpaired) electrons. The molecular weight excluding hydrogens is 474 g/mol. The van der Waals surface area contributed by atoms with Gasteiger partial charge in [-0.05, 0) is 66.6 Å². The SMILES string of the molecule is CC(C)(C)c1ccc(OCCCCn2c(CCCNC(=O)COc3ccccc3)nc3ccccc32)cc1. The molecule has 0 spiro atoms. The molecule has 38 heavy (non-hydrogen) atoms. The van der Waals surface area contributed by atoms with Gasteiger partial charge in [-0.1, -0.05) is 63.2 Å². The van der Waals surface area contributed by atoms with Gasteiger partial charge in [-0.2, -0.15) is 0 Å². The molecule has 1 N–H and O–H groups in total. The van der Waals surface area contributed by atoms with Crippen molar-refractivity contribution in [3.8, 4) is 11.5 Å². The maximum absolute atomic E-state index is 12.1. The Labute approximate surface area is 226 Å². The van der Waals surface area contributed by atoms with Crippen LogP contribution in [-0.2, 0) is 23.2 Å². The van der Waals surface area contributed by atoms with E-state index in [-0.39, 0.29) is 17.9 Å². The zero-order chi connectivity index (χ0) is 26.8. The van der Waals surface area contributed by atoms with Crippen LogP contribution in [0.2, 0.25) is 0 Å². The highest BCUT2D eigenvalue weighted by Crippen LogP contribution is 2.24. The monoisotopic (exact) mass is 513 g/mol. The van der Waals surface area contributed by atoms with E-state index in [1.807, 2.05) is 36.4 Å². The van der Waals surface area contributed by atoms with Crippen LogP contribution in [-0.4, -0.2) is 35.2 Å². The molecule has 4 rings (SSSR count). The predicted molar refractivity (Wildman–Crippen MR) is 153 cm³/mol. The fraction of sp³-hybridized carbons (Fsp3) is 0.375. The number of rotatable bonds is 13. The average molecular weight is 514 g/mol. The van der Waals surface area contributed by atoms with Crippen molar-refractivity contribution in [2.24, 2.45) is 0 Å². The van der Waals surface area contributed by atoms with E-state index in [4.69, 9.17) is 14.5 Å². The molecule has 0 aliphatic carbocycles. The second kappa shape index (κ2) is 13.1. The van der Waals surface area contributed by atoms with Crippen molar-refractivity contribution in [2.75, 3.05) is 19.8 Å². The molecular formula is C32H39N3O3. The van der Waals surface area contributed by atoms with Crippen molar-refractivity contribution in [3.63, 3.8) is 0 Å². The van der Waals surface area contributed by atoms with Gasteiger partial charge in [-0.15, -0.1) is 0 Å². The number of carbonyl (C=O) groups excluding carboxylic acids is 1. The Balaban J connectivity index is 1.22. The number of amides is 1. The number of benzene rings is 3. The molecule has 0 bridgehead atoms. The van der Waals surface area contributed by atoms with E-state index < -0.39 is 0 Å². The van der Waals surface area contributed by atoms with Gasteiger partial charge in [0.05, 0.1) is 17.6 Å². The molecule has 1 aromatic heterocycles. The molecule has 0 unspecified atom stereocenters. The number of imidazole rings is 1. The third kappa shape index (κ3) is 7.85. The van der Waals surface area contributed by atoms with Gasteiger partial charge in [0.25, 0.3) is 5.91 Å². The Morgan fingerprint density at radius 3 is 2.32 bits per heavy atom. The Morgan fingerprint density at radius 2 is 1.55 bits per heavy atom. The smallest absolute Gasteiger partial charge is 0.257 e. The largest absolute Gasteiger partial charge is 0.494 e. The summed E-state index contributed by atoms with van der Waals surface area (Å²) in [7, 11) is 0. The second-order valence-electron chi connectivity index (χ2n) is 10.6. The van der Waals surface area contributed by atoms with Crippen molar-refractivity contribution in [1.82, 2.24) is 14.9 Å². The number of ether oxygens (including phenoxy) is 2. The summed E-state index contributed by atoms with van der Waals surface area (Å²) >= 11 is 0. The summed E-state index contributed by atoms with van der Waals surface area (Å²) in [6.07, 6.45) is 3.57. The highest BCUT2D eigenvalue weighted by molar-refractivity contribution is 5.77. The molecule has 0 saturated heterocycles. The average Bonchev–Trinajstić information content (AvgIpc) is 3.27. The summed E-state index contributed by atoms with van der Waals surface area (Å²) in [6, 6.07) is 26.1. The number of unbranched alkanes of at least 4 members (excludes halogenated alkanes) is 1. The van der Waals surface area contributed by atoms with Crippen LogP contribution in [0.15, 0.2) is 78.9 Å². The number of carbonyl (C=O) groups is 1. The summed E-state index contributed by atoms with van der Waals surface area (Å²) in [5.74, 6) is 2.55. The highest BCUT2D eigenvalue weighted by atomic mass is 16.5. The first kappa shape index (κ1) is 27.2. The number of aromatic nitrogens is 2. The van der Waals surface area contributed by atoms with Crippen LogP contribution in [0.25, 0.3) is 11.0 Å². The molecule has 200 valence electrons. The first-order valence-electron chi connectivity index (χ1n) is 13.5. The molecule has 0 aliphatic rings. The quantitative estimate of drug-likeness (QED) is 0.213. The molecule has 1 heterocycles. The second-order valence-corrected chi connectivity index (χ2v) is 10.6. The third-order valence-electron chi connectivity index (χ3n) is 6.51. The molecule has 1 amide bonds. The first-order chi connectivity index (χ1) is 18.4. The summed E-state index contributed by atoms with van der Waals surface area (Å²) in [5, 5.41) is 2.95. The van der Waals surface area contributed by atoms with Crippen LogP contribution >= 0.6 is 0 Å². The van der Waals surface area contributed by atoms with Gasteiger partial charge in [-0.3, -0.25) is 4.79 Å². The van der Waals surface area contributed by atoms with Gasteiger partial charge >= 0.3 is 0 Å². The summed E-state index contributed by atoms with van der Waals surface area (Å²) in [4.78, 5) is 17.0. The number of nitrogens with one attached hydrogen (secondary N) is 1. The number of fused-ring (bicyclic) bond motifs is 1. The Bertz CT molecular complexity index is 1290. The fourth-order valence-corrected chi connectivity index (χ4v) is 4.37. The van der Waals surface area contributed by atoms with E-state index >= 15 is 0 Å². The maximum atomic E-state index is 12.1. The molecule has 3 aromatic carbocycles. The summed E-state index contributed by atoms with van der Waals surface area (Å²) in [6.45, 7) is 8.83. The zero-order valence-corrected chi connectivity index (χ0v) is 22.8. The third-order valence-corrected chi connectivity index (χ3v) is 6.51. The topological polar surface area (TPSA) is 65.4 Å². The summed E-state index contributed by atoms with van der Waals surface area (Å²) < 4.78 is 13.8. The molecule has 6 heteroatoms. The predicted octanol–water partition coefficient (Wildman–Crippen LogP) is 6.32. The lowest BCUT2D eigenvalue weighted by Gasteiger charge is -2.19.